The molecule has 152 valence electrons. The van der Waals surface area contributed by atoms with Crippen LogP contribution in [-0.2, 0) is 20.2 Å². The Bertz CT molecular complexity index is 947. The normalized spacial score (nSPS) is 13.2. The third-order valence-electron chi connectivity index (χ3n) is 4.40. The Morgan fingerprint density at radius 3 is 2.18 bits per heavy atom. The molecule has 5 nitrogen and oxygen atoms in total. The zero-order chi connectivity index (χ0) is 21.1. The van der Waals surface area contributed by atoms with Crippen LogP contribution in [0.2, 0.25) is 0 Å². The van der Waals surface area contributed by atoms with E-state index in [1.807, 2.05) is 37.4 Å². The summed E-state index contributed by atoms with van der Waals surface area (Å²) in [5, 5.41) is 2.69. The van der Waals surface area contributed by atoms with Crippen molar-refractivity contribution < 1.29 is 13.2 Å². The van der Waals surface area contributed by atoms with Crippen molar-refractivity contribution in [3.8, 4) is 0 Å². The Kier molecular flexibility index (Phi) is 6.96. The molecule has 0 unspecified atom stereocenters. The highest BCUT2D eigenvalue weighted by molar-refractivity contribution is 7.98. The van der Waals surface area contributed by atoms with E-state index >= 15 is 0 Å². The molecular formula is C21H28N2O3S2. The standard InChI is InChI=1S/C21H28N2O3S2/c1-14(16-7-9-17(10-8-16)21(3,4)5)23-28(25,26)18-11-12-20(27-6)19(13-18)22-15(2)24/h7-14,23H,1-6H3,(H,22,24)/t14-/m0/s1. The van der Waals surface area contributed by atoms with Crippen LogP contribution in [0.4, 0.5) is 5.69 Å². The summed E-state index contributed by atoms with van der Waals surface area (Å²) in [7, 11) is -3.74. The second kappa shape index (κ2) is 8.68. The largest absolute Gasteiger partial charge is 0.325 e. The first-order valence-corrected chi connectivity index (χ1v) is 11.7. The van der Waals surface area contributed by atoms with Crippen molar-refractivity contribution in [2.24, 2.45) is 0 Å². The Morgan fingerprint density at radius 2 is 1.68 bits per heavy atom. The molecule has 2 rings (SSSR count). The number of nitrogens with one attached hydrogen (secondary N) is 2. The molecule has 0 fully saturated rings. The van der Waals surface area contributed by atoms with Crippen LogP contribution in [0, 0.1) is 0 Å². The minimum atomic E-state index is -3.74. The molecule has 1 amide bonds. The molecule has 0 aromatic heterocycles. The molecule has 2 aromatic rings. The lowest BCUT2D eigenvalue weighted by Crippen LogP contribution is -2.27. The molecule has 0 aliphatic carbocycles. The van der Waals surface area contributed by atoms with E-state index in [0.29, 0.717) is 5.69 Å². The van der Waals surface area contributed by atoms with Gasteiger partial charge in [0.2, 0.25) is 15.9 Å². The number of benzene rings is 2. The van der Waals surface area contributed by atoms with Crippen LogP contribution in [0.1, 0.15) is 51.8 Å². The first-order chi connectivity index (χ1) is 12.9. The Morgan fingerprint density at radius 1 is 1.07 bits per heavy atom. The molecule has 0 spiro atoms. The Balaban J connectivity index is 2.26. The van der Waals surface area contributed by atoms with E-state index in [9.17, 15) is 13.2 Å². The first-order valence-electron chi connectivity index (χ1n) is 9.02. The lowest BCUT2D eigenvalue weighted by atomic mass is 9.86. The number of hydrogen-bond donors (Lipinski definition) is 2. The van der Waals surface area contributed by atoms with Gasteiger partial charge < -0.3 is 5.32 Å². The van der Waals surface area contributed by atoms with Crippen LogP contribution >= 0.6 is 11.8 Å². The molecule has 0 saturated heterocycles. The molecule has 2 N–H and O–H groups in total. The highest BCUT2D eigenvalue weighted by atomic mass is 32.2. The fourth-order valence-corrected chi connectivity index (χ4v) is 4.57. The molecule has 0 saturated carbocycles. The van der Waals surface area contributed by atoms with Crippen molar-refractivity contribution in [1.29, 1.82) is 0 Å². The van der Waals surface area contributed by atoms with Crippen LogP contribution in [0.3, 0.4) is 0 Å². The van der Waals surface area contributed by atoms with Gasteiger partial charge in [-0.25, -0.2) is 13.1 Å². The number of anilines is 1. The van der Waals surface area contributed by atoms with Crippen molar-refractivity contribution in [2.75, 3.05) is 11.6 Å². The van der Waals surface area contributed by atoms with E-state index in [1.54, 1.807) is 12.1 Å². The molecule has 0 radical (unpaired) electrons. The first kappa shape index (κ1) is 22.5. The number of hydrogen-bond acceptors (Lipinski definition) is 4. The Labute approximate surface area is 172 Å². The van der Waals surface area contributed by atoms with Gasteiger partial charge in [0.25, 0.3) is 0 Å². The van der Waals surface area contributed by atoms with Gasteiger partial charge in [0.1, 0.15) is 0 Å². The summed E-state index contributed by atoms with van der Waals surface area (Å²) in [6.45, 7) is 9.62. The van der Waals surface area contributed by atoms with Crippen LogP contribution < -0.4 is 10.0 Å². The van der Waals surface area contributed by atoms with E-state index in [-0.39, 0.29) is 22.3 Å². The molecule has 7 heteroatoms. The average molecular weight is 421 g/mol. The van der Waals surface area contributed by atoms with E-state index in [1.165, 1.54) is 30.3 Å². The summed E-state index contributed by atoms with van der Waals surface area (Å²) in [6.07, 6.45) is 1.87. The highest BCUT2D eigenvalue weighted by Gasteiger charge is 2.21. The number of rotatable bonds is 6. The molecule has 1 atom stereocenters. The smallest absolute Gasteiger partial charge is 0.241 e. The van der Waals surface area contributed by atoms with E-state index < -0.39 is 10.0 Å². The minimum absolute atomic E-state index is 0.0421. The summed E-state index contributed by atoms with van der Waals surface area (Å²) in [4.78, 5) is 12.3. The Hall–Kier alpha value is -1.83. The fourth-order valence-electron chi connectivity index (χ4n) is 2.78. The topological polar surface area (TPSA) is 75.3 Å². The number of carbonyl (C=O) groups excluding carboxylic acids is 1. The number of thioether (sulfide) groups is 1. The quantitative estimate of drug-likeness (QED) is 0.664. The third-order valence-corrected chi connectivity index (χ3v) is 6.73. The molecule has 0 aliphatic rings. The molecule has 0 aliphatic heterocycles. The summed E-state index contributed by atoms with van der Waals surface area (Å²) in [5.74, 6) is -0.245. The highest BCUT2D eigenvalue weighted by Crippen LogP contribution is 2.29. The van der Waals surface area contributed by atoms with Crippen LogP contribution in [0.15, 0.2) is 52.3 Å². The second-order valence-corrected chi connectivity index (χ2v) is 10.3. The number of amides is 1. The van der Waals surface area contributed by atoms with E-state index in [0.717, 1.165) is 10.5 Å². The van der Waals surface area contributed by atoms with Gasteiger partial charge in [-0.1, -0.05) is 45.0 Å². The van der Waals surface area contributed by atoms with Crippen molar-refractivity contribution in [2.45, 2.75) is 55.9 Å². The molecule has 2 aromatic carbocycles. The monoisotopic (exact) mass is 420 g/mol. The zero-order valence-corrected chi connectivity index (χ0v) is 18.8. The zero-order valence-electron chi connectivity index (χ0n) is 17.2. The van der Waals surface area contributed by atoms with Gasteiger partial charge in [0.15, 0.2) is 0 Å². The van der Waals surface area contributed by atoms with Gasteiger partial charge in [0.05, 0.1) is 10.6 Å². The van der Waals surface area contributed by atoms with Crippen molar-refractivity contribution in [3.63, 3.8) is 0 Å². The van der Waals surface area contributed by atoms with Gasteiger partial charge in [-0.05, 0) is 47.9 Å². The second-order valence-electron chi connectivity index (χ2n) is 7.76. The average Bonchev–Trinajstić information content (AvgIpc) is 2.60. The van der Waals surface area contributed by atoms with Crippen LogP contribution in [-0.4, -0.2) is 20.6 Å². The number of carbonyl (C=O) groups is 1. The molecule has 0 bridgehead atoms. The van der Waals surface area contributed by atoms with E-state index in [4.69, 9.17) is 0 Å². The SMILES string of the molecule is CSc1ccc(S(=O)(=O)N[C@@H](C)c2ccc(C(C)(C)C)cc2)cc1NC(C)=O. The van der Waals surface area contributed by atoms with Gasteiger partial charge in [0, 0.05) is 17.9 Å². The van der Waals surface area contributed by atoms with Crippen LogP contribution in [0.25, 0.3) is 0 Å². The maximum Gasteiger partial charge on any atom is 0.241 e. The minimum Gasteiger partial charge on any atom is -0.325 e. The van der Waals surface area contributed by atoms with Gasteiger partial charge in [-0.2, -0.15) is 0 Å². The maximum atomic E-state index is 12.8. The van der Waals surface area contributed by atoms with Gasteiger partial charge in [-0.15, -0.1) is 11.8 Å². The van der Waals surface area contributed by atoms with Crippen molar-refractivity contribution in [1.82, 2.24) is 4.72 Å². The summed E-state index contributed by atoms with van der Waals surface area (Å²) >= 11 is 1.44. The fraction of sp³-hybridized carbons (Fsp3) is 0.381. The van der Waals surface area contributed by atoms with Crippen LogP contribution in [0.5, 0.6) is 0 Å². The summed E-state index contributed by atoms with van der Waals surface area (Å²) in [5.41, 5.74) is 2.61. The van der Waals surface area contributed by atoms with Gasteiger partial charge in [-0.3, -0.25) is 4.79 Å². The molecule has 0 heterocycles. The maximum absolute atomic E-state index is 12.8. The number of sulfonamides is 1. The lowest BCUT2D eigenvalue weighted by Gasteiger charge is -2.21. The van der Waals surface area contributed by atoms with Gasteiger partial charge >= 0.3 is 0 Å². The predicted octanol–water partition coefficient (Wildman–Crippen LogP) is 4.70. The summed E-state index contributed by atoms with van der Waals surface area (Å²) < 4.78 is 28.4. The lowest BCUT2D eigenvalue weighted by molar-refractivity contribution is -0.114. The molecular weight excluding hydrogens is 392 g/mol. The third kappa shape index (κ3) is 5.59. The van der Waals surface area contributed by atoms with E-state index in [2.05, 4.69) is 30.8 Å². The summed E-state index contributed by atoms with van der Waals surface area (Å²) in [6, 6.07) is 12.3. The predicted molar refractivity (Wildman–Crippen MR) is 116 cm³/mol. The molecule has 28 heavy (non-hydrogen) atoms. The van der Waals surface area contributed by atoms with Crippen molar-refractivity contribution in [3.05, 3.63) is 53.6 Å². The van der Waals surface area contributed by atoms with Crippen molar-refractivity contribution >= 4 is 33.4 Å².